The van der Waals surface area contributed by atoms with Gasteiger partial charge in [-0.15, -0.1) is 0 Å². The van der Waals surface area contributed by atoms with Crippen LogP contribution in [-0.2, 0) is 11.2 Å². The molecule has 6 nitrogen and oxygen atoms in total. The van der Waals surface area contributed by atoms with Gasteiger partial charge in [-0.1, -0.05) is 36.2 Å². The number of nitrogens with one attached hydrogen (secondary N) is 2. The molecular weight excluding hydrogens is 392 g/mol. The Hall–Kier alpha value is -2.86. The van der Waals surface area contributed by atoms with E-state index in [1.165, 1.54) is 13.1 Å². The van der Waals surface area contributed by atoms with Crippen LogP contribution < -0.4 is 10.6 Å². The van der Waals surface area contributed by atoms with E-state index in [0.717, 1.165) is 5.56 Å². The van der Waals surface area contributed by atoms with E-state index < -0.39 is 17.4 Å². The quantitative estimate of drug-likeness (QED) is 0.675. The number of carboxylic acids is 1. The zero-order valence-electron chi connectivity index (χ0n) is 16.1. The van der Waals surface area contributed by atoms with Crippen LogP contribution in [0.25, 0.3) is 0 Å². The summed E-state index contributed by atoms with van der Waals surface area (Å²) >= 11 is 5.94. The van der Waals surface area contributed by atoms with Crippen LogP contribution >= 0.6 is 11.6 Å². The first-order chi connectivity index (χ1) is 13.9. The minimum atomic E-state index is -1.35. The third kappa shape index (κ3) is 4.43. The molecule has 7 heteroatoms. The first kappa shape index (κ1) is 20.9. The van der Waals surface area contributed by atoms with E-state index in [0.29, 0.717) is 36.3 Å². The normalized spacial score (nSPS) is 20.8. The molecule has 0 aliphatic heterocycles. The van der Waals surface area contributed by atoms with Crippen LogP contribution in [0.1, 0.15) is 45.5 Å². The highest BCUT2D eigenvalue weighted by molar-refractivity contribution is 6.30. The minimum absolute atomic E-state index is 0.243. The Bertz CT molecular complexity index is 929. The number of rotatable bonds is 6. The number of aliphatic carboxylic acids is 1. The van der Waals surface area contributed by atoms with Gasteiger partial charge in [-0.25, -0.2) is 4.79 Å². The number of halogens is 1. The SMILES string of the molecule is CNC(=O)c1cccc(C(=O)NC2(C(=O)O)CCCC2Cc2ccc(Cl)cc2)c1. The van der Waals surface area contributed by atoms with Gasteiger partial charge in [-0.05, 0) is 61.1 Å². The molecule has 2 amide bonds. The van der Waals surface area contributed by atoms with Crippen molar-refractivity contribution in [2.45, 2.75) is 31.2 Å². The molecule has 2 unspecified atom stereocenters. The summed E-state index contributed by atoms with van der Waals surface area (Å²) in [7, 11) is 1.51. The zero-order valence-corrected chi connectivity index (χ0v) is 16.8. The molecule has 152 valence electrons. The number of amides is 2. The van der Waals surface area contributed by atoms with Gasteiger partial charge < -0.3 is 15.7 Å². The van der Waals surface area contributed by atoms with Crippen LogP contribution in [0.4, 0.5) is 0 Å². The molecule has 2 aromatic carbocycles. The smallest absolute Gasteiger partial charge is 0.329 e. The second-order valence-electron chi connectivity index (χ2n) is 7.31. The van der Waals surface area contributed by atoms with Crippen molar-refractivity contribution in [3.8, 4) is 0 Å². The molecule has 1 saturated carbocycles. The molecule has 0 bridgehead atoms. The maximum Gasteiger partial charge on any atom is 0.329 e. The predicted molar refractivity (Wildman–Crippen MR) is 110 cm³/mol. The molecule has 3 N–H and O–H groups in total. The molecule has 2 atom stereocenters. The summed E-state index contributed by atoms with van der Waals surface area (Å²) in [4.78, 5) is 37.0. The molecule has 29 heavy (non-hydrogen) atoms. The van der Waals surface area contributed by atoms with Crippen molar-refractivity contribution in [3.05, 3.63) is 70.2 Å². The van der Waals surface area contributed by atoms with Gasteiger partial charge in [-0.3, -0.25) is 9.59 Å². The lowest BCUT2D eigenvalue weighted by molar-refractivity contribution is -0.146. The molecule has 0 saturated heterocycles. The molecule has 0 aromatic heterocycles. The number of carbonyl (C=O) groups is 3. The highest BCUT2D eigenvalue weighted by Gasteiger charge is 2.50. The fraction of sp³-hybridized carbons (Fsp3) is 0.318. The van der Waals surface area contributed by atoms with Gasteiger partial charge in [-0.2, -0.15) is 0 Å². The van der Waals surface area contributed by atoms with Crippen LogP contribution in [0, 0.1) is 5.92 Å². The average Bonchev–Trinajstić information content (AvgIpc) is 3.12. The van der Waals surface area contributed by atoms with Crippen molar-refractivity contribution in [2.75, 3.05) is 7.05 Å². The minimum Gasteiger partial charge on any atom is -0.479 e. The van der Waals surface area contributed by atoms with Crippen molar-refractivity contribution >= 4 is 29.4 Å². The monoisotopic (exact) mass is 414 g/mol. The second-order valence-corrected chi connectivity index (χ2v) is 7.75. The summed E-state index contributed by atoms with van der Waals surface area (Å²) in [5, 5.41) is 15.9. The molecule has 2 aromatic rings. The van der Waals surface area contributed by atoms with Crippen LogP contribution in [-0.4, -0.2) is 35.5 Å². The number of hydrogen-bond donors (Lipinski definition) is 3. The van der Waals surface area contributed by atoms with E-state index in [2.05, 4.69) is 10.6 Å². The summed E-state index contributed by atoms with van der Waals surface area (Å²) in [6.45, 7) is 0. The Morgan fingerprint density at radius 1 is 1.10 bits per heavy atom. The zero-order chi connectivity index (χ0) is 21.0. The van der Waals surface area contributed by atoms with Crippen LogP contribution in [0.3, 0.4) is 0 Å². The summed E-state index contributed by atoms with van der Waals surface area (Å²) < 4.78 is 0. The van der Waals surface area contributed by atoms with Crippen molar-refractivity contribution in [1.82, 2.24) is 10.6 Å². The lowest BCUT2D eigenvalue weighted by Gasteiger charge is -2.32. The third-order valence-electron chi connectivity index (χ3n) is 5.55. The molecule has 3 rings (SSSR count). The third-order valence-corrected chi connectivity index (χ3v) is 5.80. The second kappa shape index (κ2) is 8.66. The van der Waals surface area contributed by atoms with E-state index in [4.69, 9.17) is 11.6 Å². The number of hydrogen-bond acceptors (Lipinski definition) is 3. The molecule has 1 fully saturated rings. The average molecular weight is 415 g/mol. The van der Waals surface area contributed by atoms with Gasteiger partial charge in [0.15, 0.2) is 0 Å². The number of benzene rings is 2. The standard InChI is InChI=1S/C22H23ClN2O4/c1-24-19(26)15-4-2-5-16(13-15)20(27)25-22(21(28)29)11-3-6-17(22)12-14-7-9-18(23)10-8-14/h2,4-5,7-10,13,17H,3,6,11-12H2,1H3,(H,24,26)(H,25,27)(H,28,29). The summed E-state index contributed by atoms with van der Waals surface area (Å²) in [5.74, 6) is -2.09. The van der Waals surface area contributed by atoms with Crippen molar-refractivity contribution in [1.29, 1.82) is 0 Å². The first-order valence-corrected chi connectivity index (χ1v) is 9.86. The number of carboxylic acid groups (broad SMARTS) is 1. The highest BCUT2D eigenvalue weighted by Crippen LogP contribution is 2.38. The summed E-state index contributed by atoms with van der Waals surface area (Å²) in [6, 6.07) is 13.5. The Kier molecular flexibility index (Phi) is 6.23. The van der Waals surface area contributed by atoms with Gasteiger partial charge in [0.2, 0.25) is 0 Å². The highest BCUT2D eigenvalue weighted by atomic mass is 35.5. The van der Waals surface area contributed by atoms with E-state index >= 15 is 0 Å². The molecule has 0 spiro atoms. The maximum absolute atomic E-state index is 12.9. The van der Waals surface area contributed by atoms with Crippen LogP contribution in [0.5, 0.6) is 0 Å². The van der Waals surface area contributed by atoms with Crippen molar-refractivity contribution in [3.63, 3.8) is 0 Å². The molecule has 1 aliphatic carbocycles. The van der Waals surface area contributed by atoms with Gasteiger partial charge in [0, 0.05) is 23.2 Å². The van der Waals surface area contributed by atoms with Gasteiger partial charge in [0.25, 0.3) is 11.8 Å². The maximum atomic E-state index is 12.9. The van der Waals surface area contributed by atoms with E-state index in [1.54, 1.807) is 30.3 Å². The largest absolute Gasteiger partial charge is 0.479 e. The van der Waals surface area contributed by atoms with Crippen LogP contribution in [0.15, 0.2) is 48.5 Å². The first-order valence-electron chi connectivity index (χ1n) is 9.48. The van der Waals surface area contributed by atoms with E-state index in [9.17, 15) is 19.5 Å². The van der Waals surface area contributed by atoms with E-state index in [-0.39, 0.29) is 17.4 Å². The summed E-state index contributed by atoms with van der Waals surface area (Å²) in [6.07, 6.45) is 2.31. The Balaban J connectivity index is 1.84. The lowest BCUT2D eigenvalue weighted by Crippen LogP contribution is -2.57. The van der Waals surface area contributed by atoms with Crippen molar-refractivity contribution in [2.24, 2.45) is 5.92 Å². The molecule has 1 aliphatic rings. The lowest BCUT2D eigenvalue weighted by atomic mass is 9.82. The van der Waals surface area contributed by atoms with Gasteiger partial charge in [0.05, 0.1) is 0 Å². The molecular formula is C22H23ClN2O4. The molecule has 0 radical (unpaired) electrons. The van der Waals surface area contributed by atoms with Gasteiger partial charge in [0.1, 0.15) is 5.54 Å². The number of carbonyl (C=O) groups excluding carboxylic acids is 2. The molecule has 0 heterocycles. The van der Waals surface area contributed by atoms with E-state index in [1.807, 2.05) is 12.1 Å². The fourth-order valence-electron chi connectivity index (χ4n) is 3.98. The van der Waals surface area contributed by atoms with Crippen LogP contribution in [0.2, 0.25) is 5.02 Å². The Morgan fingerprint density at radius 2 is 1.76 bits per heavy atom. The fourth-order valence-corrected chi connectivity index (χ4v) is 4.11. The predicted octanol–water partition coefficient (Wildman–Crippen LogP) is 3.30. The Labute approximate surface area is 174 Å². The Morgan fingerprint density at radius 3 is 2.38 bits per heavy atom. The summed E-state index contributed by atoms with van der Waals surface area (Å²) in [5.41, 5.74) is 0.222. The van der Waals surface area contributed by atoms with Gasteiger partial charge >= 0.3 is 5.97 Å². The topological polar surface area (TPSA) is 95.5 Å². The van der Waals surface area contributed by atoms with Crippen molar-refractivity contribution < 1.29 is 19.5 Å².